The van der Waals surface area contributed by atoms with Gasteiger partial charge in [0.05, 0.1) is 18.8 Å². The monoisotopic (exact) mass is 528 g/mol. The lowest BCUT2D eigenvalue weighted by Gasteiger charge is -2.36. The minimum Gasteiger partial charge on any atom is -0.402 e. The molecule has 38 heavy (non-hydrogen) atoms. The lowest BCUT2D eigenvalue weighted by Crippen LogP contribution is -2.44. The highest BCUT2D eigenvalue weighted by atomic mass is 19.3. The Balaban J connectivity index is 0.000000417. The second kappa shape index (κ2) is 12.1. The molecule has 8 nitrogen and oxygen atoms in total. The second-order valence-corrected chi connectivity index (χ2v) is 10.4. The molecule has 3 heterocycles. The molecule has 0 radical (unpaired) electrons. The van der Waals surface area contributed by atoms with Gasteiger partial charge in [0.15, 0.2) is 0 Å². The summed E-state index contributed by atoms with van der Waals surface area (Å²) in [6.07, 6.45) is 8.60. The van der Waals surface area contributed by atoms with E-state index in [9.17, 15) is 13.6 Å². The minimum atomic E-state index is -2.66. The first-order valence-electron chi connectivity index (χ1n) is 13.4. The molecule has 206 valence electrons. The predicted octanol–water partition coefficient (Wildman–Crippen LogP) is 4.53. The summed E-state index contributed by atoms with van der Waals surface area (Å²) in [6.45, 7) is 2.82. The number of nitrogens with one attached hydrogen (secondary N) is 1. The highest BCUT2D eigenvalue weighted by molar-refractivity contribution is 6.09. The van der Waals surface area contributed by atoms with Crippen molar-refractivity contribution in [3.63, 3.8) is 0 Å². The van der Waals surface area contributed by atoms with E-state index in [0.29, 0.717) is 47.6 Å². The van der Waals surface area contributed by atoms with Crippen molar-refractivity contribution in [3.8, 4) is 11.1 Å². The fourth-order valence-electron chi connectivity index (χ4n) is 5.39. The number of hydrogen-bond donors (Lipinski definition) is 3. The van der Waals surface area contributed by atoms with E-state index in [2.05, 4.69) is 5.10 Å². The van der Waals surface area contributed by atoms with Crippen LogP contribution in [0.15, 0.2) is 35.8 Å². The highest BCUT2D eigenvalue weighted by Crippen LogP contribution is 2.39. The van der Waals surface area contributed by atoms with Gasteiger partial charge in [0, 0.05) is 67.8 Å². The van der Waals surface area contributed by atoms with E-state index in [1.807, 2.05) is 0 Å². The third kappa shape index (κ3) is 6.23. The molecule has 10 heteroatoms. The topological polar surface area (TPSA) is 111 Å². The normalized spacial score (nSPS) is 18.3. The first kappa shape index (κ1) is 27.8. The number of fused-ring (bicyclic) bond motifs is 1. The summed E-state index contributed by atoms with van der Waals surface area (Å²) >= 11 is 0. The minimum absolute atomic E-state index is 0.0359. The summed E-state index contributed by atoms with van der Waals surface area (Å²) in [5.74, 6) is 0.108. The van der Waals surface area contributed by atoms with Gasteiger partial charge in [0.2, 0.25) is 5.91 Å². The molecule has 2 aliphatic heterocycles. The van der Waals surface area contributed by atoms with Gasteiger partial charge in [0.1, 0.15) is 5.84 Å². The molecule has 4 N–H and O–H groups in total. The lowest BCUT2D eigenvalue weighted by molar-refractivity contribution is -0.128. The number of hydrogen-bond acceptors (Lipinski definition) is 5. The number of nitrogens with zero attached hydrogens (tertiary/aromatic N) is 4. The van der Waals surface area contributed by atoms with Crippen molar-refractivity contribution in [1.29, 1.82) is 5.41 Å². The number of aromatic nitrogens is 2. The van der Waals surface area contributed by atoms with Crippen LogP contribution in [0.25, 0.3) is 11.1 Å². The quantitative estimate of drug-likeness (QED) is 0.400. The first-order chi connectivity index (χ1) is 18.2. The standard InChI is InChI=1S/C22H26F2N6O.C6H12O/c1-13(31)29-7-5-19(25)18(12-29)22(26)30-6-3-4-14-8-16(15-10-27-28(2)11-15)17(21(23)24)9-20(14)30;7-6-4-2-1-3-5-6/h8-11,21,26H,3-7,12,25H2,1-2H3;6-7H,1-5H2. The summed E-state index contributed by atoms with van der Waals surface area (Å²) in [4.78, 5) is 15.2. The number of carbonyl (C=O) groups excluding carboxylic acids is 1. The van der Waals surface area contributed by atoms with Gasteiger partial charge in [-0.1, -0.05) is 19.3 Å². The largest absolute Gasteiger partial charge is 0.402 e. The third-order valence-corrected chi connectivity index (χ3v) is 7.58. The number of halogens is 2. The first-order valence-corrected chi connectivity index (χ1v) is 13.4. The van der Waals surface area contributed by atoms with Crippen molar-refractivity contribution in [3.05, 3.63) is 46.9 Å². The molecule has 0 spiro atoms. The van der Waals surface area contributed by atoms with E-state index in [1.165, 1.54) is 32.3 Å². The number of anilines is 1. The maximum atomic E-state index is 14.0. The number of amidine groups is 1. The Morgan fingerprint density at radius 2 is 1.89 bits per heavy atom. The van der Waals surface area contributed by atoms with Gasteiger partial charge >= 0.3 is 0 Å². The number of alkyl halides is 2. The Labute approximate surface area is 222 Å². The third-order valence-electron chi connectivity index (χ3n) is 7.58. The molecule has 0 saturated heterocycles. The number of carbonyl (C=O) groups is 1. The molecule has 0 atom stereocenters. The van der Waals surface area contributed by atoms with Crippen molar-refractivity contribution in [2.24, 2.45) is 12.8 Å². The van der Waals surface area contributed by atoms with E-state index < -0.39 is 6.43 Å². The average Bonchev–Trinajstić information content (AvgIpc) is 3.34. The lowest BCUT2D eigenvalue weighted by atomic mass is 9.92. The molecule has 1 aromatic carbocycles. The molecule has 1 fully saturated rings. The number of rotatable bonds is 3. The summed E-state index contributed by atoms with van der Waals surface area (Å²) in [7, 11) is 1.75. The molecule has 1 aliphatic carbocycles. The number of benzene rings is 1. The van der Waals surface area contributed by atoms with Crippen LogP contribution >= 0.6 is 0 Å². The summed E-state index contributed by atoms with van der Waals surface area (Å²) in [6, 6.07) is 3.30. The zero-order valence-electron chi connectivity index (χ0n) is 22.2. The molecule has 2 aromatic rings. The maximum Gasteiger partial charge on any atom is 0.264 e. The molecule has 5 rings (SSSR count). The van der Waals surface area contributed by atoms with Crippen LogP contribution in [-0.4, -0.2) is 57.3 Å². The van der Waals surface area contributed by atoms with Crippen LogP contribution in [-0.2, 0) is 18.3 Å². The van der Waals surface area contributed by atoms with Crippen LogP contribution in [0.2, 0.25) is 0 Å². The molecule has 1 amide bonds. The van der Waals surface area contributed by atoms with E-state index in [0.717, 1.165) is 31.2 Å². The SMILES string of the molecule is CC(=O)N1CCC(N)=C(C(=N)N2CCCc3cc(-c4cnn(C)c4)c(C(F)F)cc32)C1.OC1CCCCC1. The Morgan fingerprint density at radius 3 is 2.47 bits per heavy atom. The van der Waals surface area contributed by atoms with Gasteiger partial charge < -0.3 is 20.6 Å². The van der Waals surface area contributed by atoms with Gasteiger partial charge in [-0.25, -0.2) is 8.78 Å². The van der Waals surface area contributed by atoms with E-state index in [4.69, 9.17) is 16.2 Å². The Bertz CT molecular complexity index is 1200. The van der Waals surface area contributed by atoms with Gasteiger partial charge in [-0.05, 0) is 48.9 Å². The van der Waals surface area contributed by atoms with E-state index in [-0.39, 0.29) is 30.0 Å². The van der Waals surface area contributed by atoms with Crippen molar-refractivity contribution in [2.75, 3.05) is 24.5 Å². The molecular weight excluding hydrogens is 490 g/mol. The van der Waals surface area contributed by atoms with Crippen molar-refractivity contribution < 1.29 is 18.7 Å². The predicted molar refractivity (Wildman–Crippen MR) is 144 cm³/mol. The van der Waals surface area contributed by atoms with Crippen LogP contribution in [0.4, 0.5) is 14.5 Å². The number of aliphatic hydroxyl groups is 1. The maximum absolute atomic E-state index is 14.0. The second-order valence-electron chi connectivity index (χ2n) is 10.4. The zero-order valence-corrected chi connectivity index (χ0v) is 22.2. The van der Waals surface area contributed by atoms with Gasteiger partial charge in [-0.2, -0.15) is 5.10 Å². The Morgan fingerprint density at radius 1 is 1.16 bits per heavy atom. The number of aliphatic hydroxyl groups excluding tert-OH is 1. The number of amides is 1. The average molecular weight is 529 g/mol. The summed E-state index contributed by atoms with van der Waals surface area (Å²) in [5, 5.41) is 21.8. The van der Waals surface area contributed by atoms with E-state index >= 15 is 0 Å². The van der Waals surface area contributed by atoms with Crippen LogP contribution in [0.5, 0.6) is 0 Å². The highest BCUT2D eigenvalue weighted by Gasteiger charge is 2.30. The van der Waals surface area contributed by atoms with Gasteiger partial charge in [-0.15, -0.1) is 0 Å². The molecule has 3 aliphatic rings. The van der Waals surface area contributed by atoms with Crippen molar-refractivity contribution in [2.45, 2.75) is 70.8 Å². The number of aryl methyl sites for hydroxylation is 2. The fourth-order valence-corrected chi connectivity index (χ4v) is 5.39. The van der Waals surface area contributed by atoms with Crippen molar-refractivity contribution in [1.82, 2.24) is 14.7 Å². The Hall–Kier alpha value is -3.27. The zero-order chi connectivity index (χ0) is 27.4. The summed E-state index contributed by atoms with van der Waals surface area (Å²) in [5.41, 5.74) is 9.91. The fraction of sp³-hybridized carbons (Fsp3) is 0.536. The Kier molecular flexibility index (Phi) is 8.81. The molecule has 1 aromatic heterocycles. The number of nitrogens with two attached hydrogens (primary N) is 1. The molecule has 0 bridgehead atoms. The smallest absolute Gasteiger partial charge is 0.264 e. The van der Waals surface area contributed by atoms with Crippen LogP contribution in [0.3, 0.4) is 0 Å². The van der Waals surface area contributed by atoms with Gasteiger partial charge in [-0.3, -0.25) is 14.9 Å². The molecule has 0 unspecified atom stereocenters. The van der Waals surface area contributed by atoms with Crippen LogP contribution < -0.4 is 10.6 Å². The van der Waals surface area contributed by atoms with E-state index in [1.54, 1.807) is 40.0 Å². The molecular formula is C28H38F2N6O2. The van der Waals surface area contributed by atoms with Crippen LogP contribution in [0.1, 0.15) is 69.4 Å². The van der Waals surface area contributed by atoms with Crippen LogP contribution in [0, 0.1) is 5.41 Å². The summed E-state index contributed by atoms with van der Waals surface area (Å²) < 4.78 is 29.6. The van der Waals surface area contributed by atoms with Crippen molar-refractivity contribution >= 4 is 17.4 Å². The van der Waals surface area contributed by atoms with Gasteiger partial charge in [0.25, 0.3) is 6.43 Å². The molecule has 1 saturated carbocycles.